The smallest absolute Gasteiger partial charge is 0.235 e. The zero-order valence-corrected chi connectivity index (χ0v) is 10.8. The number of halogens is 2. The van der Waals surface area contributed by atoms with E-state index in [1.807, 2.05) is 0 Å². The summed E-state index contributed by atoms with van der Waals surface area (Å²) in [6.07, 6.45) is 1.54. The predicted molar refractivity (Wildman–Crippen MR) is 66.4 cm³/mol. The third-order valence-electron chi connectivity index (χ3n) is 2.52. The maximum Gasteiger partial charge on any atom is 0.235 e. The molecule has 17 heavy (non-hydrogen) atoms. The van der Waals surface area contributed by atoms with Crippen molar-refractivity contribution >= 4 is 35.1 Å². The molecule has 0 radical (unpaired) electrons. The number of hydrogen-bond donors (Lipinski definition) is 1. The SMILES string of the molecule is CC(=O)C1=Cc2cc(Cl)cc(Cl)c2OC1(C)O. The van der Waals surface area contributed by atoms with E-state index in [0.717, 1.165) is 0 Å². The van der Waals surface area contributed by atoms with E-state index >= 15 is 0 Å². The van der Waals surface area contributed by atoms with Crippen molar-refractivity contribution in [3.05, 3.63) is 33.3 Å². The highest BCUT2D eigenvalue weighted by Gasteiger charge is 2.36. The number of Topliss-reactive ketones (excluding diaryl/α,β-unsaturated/α-hetero) is 1. The number of benzene rings is 1. The molecular formula is C12H10Cl2O3. The van der Waals surface area contributed by atoms with Crippen molar-refractivity contribution in [3.63, 3.8) is 0 Å². The molecule has 1 aliphatic heterocycles. The third-order valence-corrected chi connectivity index (χ3v) is 3.02. The maximum atomic E-state index is 11.4. The van der Waals surface area contributed by atoms with E-state index in [-0.39, 0.29) is 11.4 Å². The van der Waals surface area contributed by atoms with Crippen LogP contribution in [0.3, 0.4) is 0 Å². The minimum absolute atomic E-state index is 0.170. The van der Waals surface area contributed by atoms with Crippen LogP contribution >= 0.6 is 23.2 Å². The van der Waals surface area contributed by atoms with Gasteiger partial charge < -0.3 is 9.84 Å². The van der Waals surface area contributed by atoms with Crippen LogP contribution in [0.5, 0.6) is 5.75 Å². The Morgan fingerprint density at radius 1 is 1.41 bits per heavy atom. The van der Waals surface area contributed by atoms with Crippen molar-refractivity contribution in [1.82, 2.24) is 0 Å². The van der Waals surface area contributed by atoms with Gasteiger partial charge in [-0.05, 0) is 25.1 Å². The zero-order chi connectivity index (χ0) is 12.8. The van der Waals surface area contributed by atoms with Gasteiger partial charge in [0.1, 0.15) is 5.75 Å². The van der Waals surface area contributed by atoms with Crippen LogP contribution in [0.4, 0.5) is 0 Å². The summed E-state index contributed by atoms with van der Waals surface area (Å²) >= 11 is 11.8. The van der Waals surface area contributed by atoms with E-state index in [4.69, 9.17) is 27.9 Å². The van der Waals surface area contributed by atoms with E-state index < -0.39 is 5.79 Å². The average Bonchev–Trinajstić information content (AvgIpc) is 2.17. The van der Waals surface area contributed by atoms with Gasteiger partial charge in [0.25, 0.3) is 0 Å². The van der Waals surface area contributed by atoms with Crippen molar-refractivity contribution in [2.75, 3.05) is 0 Å². The molecule has 0 amide bonds. The summed E-state index contributed by atoms with van der Waals surface area (Å²) in [6.45, 7) is 2.76. The zero-order valence-electron chi connectivity index (χ0n) is 9.25. The molecule has 0 saturated carbocycles. The molecule has 1 N–H and O–H groups in total. The summed E-state index contributed by atoms with van der Waals surface area (Å²) in [5.74, 6) is -1.61. The molecule has 0 aromatic heterocycles. The van der Waals surface area contributed by atoms with Gasteiger partial charge >= 0.3 is 0 Å². The van der Waals surface area contributed by atoms with Gasteiger partial charge in [-0.3, -0.25) is 4.79 Å². The fourth-order valence-corrected chi connectivity index (χ4v) is 2.31. The minimum atomic E-state index is -1.67. The van der Waals surface area contributed by atoms with Crippen LogP contribution in [0, 0.1) is 0 Å². The molecule has 0 aliphatic carbocycles. The molecule has 1 unspecified atom stereocenters. The van der Waals surface area contributed by atoms with E-state index in [1.165, 1.54) is 19.9 Å². The lowest BCUT2D eigenvalue weighted by atomic mass is 9.97. The molecular weight excluding hydrogens is 263 g/mol. The molecule has 1 aromatic rings. The Morgan fingerprint density at radius 2 is 2.06 bits per heavy atom. The number of rotatable bonds is 1. The highest BCUT2D eigenvalue weighted by atomic mass is 35.5. The van der Waals surface area contributed by atoms with Crippen LogP contribution in [0.1, 0.15) is 19.4 Å². The van der Waals surface area contributed by atoms with E-state index in [1.54, 1.807) is 12.1 Å². The normalized spacial score (nSPS) is 22.5. The van der Waals surface area contributed by atoms with Crippen molar-refractivity contribution < 1.29 is 14.6 Å². The first-order valence-corrected chi connectivity index (χ1v) is 5.70. The van der Waals surface area contributed by atoms with Crippen LogP contribution in [-0.2, 0) is 4.79 Å². The molecule has 2 rings (SSSR count). The fraction of sp³-hybridized carbons (Fsp3) is 0.250. The van der Waals surface area contributed by atoms with Crippen LogP contribution in [0.25, 0.3) is 6.08 Å². The van der Waals surface area contributed by atoms with Crippen molar-refractivity contribution in [1.29, 1.82) is 0 Å². The Labute approximate surface area is 109 Å². The number of aliphatic hydroxyl groups is 1. The molecule has 0 spiro atoms. The van der Waals surface area contributed by atoms with Gasteiger partial charge in [0.2, 0.25) is 5.79 Å². The van der Waals surface area contributed by atoms with Gasteiger partial charge in [-0.1, -0.05) is 23.2 Å². The minimum Gasteiger partial charge on any atom is -0.456 e. The first kappa shape index (κ1) is 12.4. The van der Waals surface area contributed by atoms with Gasteiger partial charge in [0.05, 0.1) is 10.6 Å². The Hall–Kier alpha value is -1.03. The number of fused-ring (bicyclic) bond motifs is 1. The highest BCUT2D eigenvalue weighted by Crippen LogP contribution is 2.41. The lowest BCUT2D eigenvalue weighted by Gasteiger charge is -2.31. The van der Waals surface area contributed by atoms with Crippen LogP contribution < -0.4 is 4.74 Å². The lowest BCUT2D eigenvalue weighted by molar-refractivity contribution is -0.125. The first-order valence-electron chi connectivity index (χ1n) is 4.95. The second-order valence-electron chi connectivity index (χ2n) is 4.01. The van der Waals surface area contributed by atoms with Crippen molar-refractivity contribution in [2.24, 2.45) is 0 Å². The van der Waals surface area contributed by atoms with Gasteiger partial charge in [-0.25, -0.2) is 0 Å². The molecule has 3 nitrogen and oxygen atoms in total. The molecule has 0 fully saturated rings. The molecule has 0 bridgehead atoms. The van der Waals surface area contributed by atoms with Crippen LogP contribution in [-0.4, -0.2) is 16.7 Å². The monoisotopic (exact) mass is 272 g/mol. The molecule has 1 aliphatic rings. The van der Waals surface area contributed by atoms with Gasteiger partial charge in [-0.2, -0.15) is 0 Å². The number of carbonyl (C=O) groups excluding carboxylic acids is 1. The summed E-state index contributed by atoms with van der Waals surface area (Å²) in [5, 5.41) is 10.8. The van der Waals surface area contributed by atoms with Crippen molar-refractivity contribution in [3.8, 4) is 5.75 Å². The summed E-state index contributed by atoms with van der Waals surface area (Å²) < 4.78 is 5.35. The second kappa shape index (κ2) is 4.02. The standard InChI is InChI=1S/C12H10Cl2O3/c1-6(15)9-4-7-3-8(13)5-10(14)11(7)17-12(9,2)16/h3-5,16H,1-2H3. The van der Waals surface area contributed by atoms with Crippen LogP contribution in [0.2, 0.25) is 10.0 Å². The number of carbonyl (C=O) groups is 1. The number of ether oxygens (including phenoxy) is 1. The van der Waals surface area contributed by atoms with Gasteiger partial charge in [0, 0.05) is 17.5 Å². The van der Waals surface area contributed by atoms with Gasteiger partial charge in [0.15, 0.2) is 5.78 Å². The average molecular weight is 273 g/mol. The van der Waals surface area contributed by atoms with Crippen LogP contribution in [0.15, 0.2) is 17.7 Å². The number of ketones is 1. The predicted octanol–water partition coefficient (Wildman–Crippen LogP) is 3.07. The molecule has 5 heteroatoms. The Bertz CT molecular complexity index is 533. The van der Waals surface area contributed by atoms with E-state index in [0.29, 0.717) is 21.4 Å². The second-order valence-corrected chi connectivity index (χ2v) is 4.85. The molecule has 90 valence electrons. The molecule has 1 atom stereocenters. The molecule has 0 saturated heterocycles. The largest absolute Gasteiger partial charge is 0.456 e. The lowest BCUT2D eigenvalue weighted by Crippen LogP contribution is -2.39. The highest BCUT2D eigenvalue weighted by molar-refractivity contribution is 6.36. The fourth-order valence-electron chi connectivity index (χ4n) is 1.77. The molecule has 1 heterocycles. The Morgan fingerprint density at radius 3 is 2.65 bits per heavy atom. The number of hydrogen-bond acceptors (Lipinski definition) is 3. The quantitative estimate of drug-likeness (QED) is 0.855. The Balaban J connectivity index is 2.66. The summed E-state index contributed by atoms with van der Waals surface area (Å²) in [6, 6.07) is 3.14. The Kier molecular flexibility index (Phi) is 2.94. The van der Waals surface area contributed by atoms with E-state index in [9.17, 15) is 9.90 Å². The third kappa shape index (κ3) is 2.18. The van der Waals surface area contributed by atoms with Gasteiger partial charge in [-0.15, -0.1) is 0 Å². The molecule has 1 aromatic carbocycles. The van der Waals surface area contributed by atoms with Crippen molar-refractivity contribution in [2.45, 2.75) is 19.6 Å². The summed E-state index contributed by atoms with van der Waals surface area (Å²) in [4.78, 5) is 11.4. The first-order chi connectivity index (χ1) is 7.81. The summed E-state index contributed by atoms with van der Waals surface area (Å²) in [5.41, 5.74) is 0.752. The summed E-state index contributed by atoms with van der Waals surface area (Å²) in [7, 11) is 0. The topological polar surface area (TPSA) is 46.5 Å². The van der Waals surface area contributed by atoms with E-state index in [2.05, 4.69) is 0 Å². The maximum absolute atomic E-state index is 11.4.